The van der Waals surface area contributed by atoms with Gasteiger partial charge in [0.25, 0.3) is 0 Å². The molecule has 27 heavy (non-hydrogen) atoms. The highest BCUT2D eigenvalue weighted by molar-refractivity contribution is 5.95. The van der Waals surface area contributed by atoms with Crippen LogP contribution in [-0.2, 0) is 38.1 Å². The maximum absolute atomic E-state index is 12.5. The lowest BCUT2D eigenvalue weighted by Gasteiger charge is -2.52. The second-order valence-electron chi connectivity index (χ2n) is 6.39. The zero-order chi connectivity index (χ0) is 20.5. The SMILES string of the molecule is COC(=O)C1=C(O)C(C(=O)OC)[C@@]2(O)[C@@H](C(=O)OC)CC[C@@H]1[C@@H]2C(=O)OC. The minimum Gasteiger partial charge on any atom is -0.511 e. The monoisotopic (exact) mass is 386 g/mol. The Morgan fingerprint density at radius 1 is 0.889 bits per heavy atom. The molecule has 5 atom stereocenters. The molecule has 0 aromatic carbocycles. The van der Waals surface area contributed by atoms with Crippen molar-refractivity contribution in [1.29, 1.82) is 0 Å². The van der Waals surface area contributed by atoms with Crippen LogP contribution in [0.3, 0.4) is 0 Å². The fraction of sp³-hybridized carbons (Fsp3) is 0.647. The molecule has 1 unspecified atom stereocenters. The van der Waals surface area contributed by atoms with E-state index in [1.165, 1.54) is 0 Å². The molecule has 2 aliphatic carbocycles. The van der Waals surface area contributed by atoms with Crippen LogP contribution in [0.4, 0.5) is 0 Å². The van der Waals surface area contributed by atoms with E-state index in [-0.39, 0.29) is 18.4 Å². The van der Waals surface area contributed by atoms with Gasteiger partial charge < -0.3 is 29.2 Å². The molecule has 10 nitrogen and oxygen atoms in total. The highest BCUT2D eigenvalue weighted by Gasteiger charge is 2.68. The summed E-state index contributed by atoms with van der Waals surface area (Å²) in [5.74, 6) is -10.4. The van der Waals surface area contributed by atoms with Gasteiger partial charge in [-0.3, -0.25) is 14.4 Å². The summed E-state index contributed by atoms with van der Waals surface area (Å²) in [7, 11) is 4.24. The summed E-state index contributed by atoms with van der Waals surface area (Å²) in [6.07, 6.45) is 0.0762. The van der Waals surface area contributed by atoms with Crippen molar-refractivity contribution in [3.63, 3.8) is 0 Å². The quantitative estimate of drug-likeness (QED) is 0.478. The van der Waals surface area contributed by atoms with Gasteiger partial charge in [0.1, 0.15) is 17.3 Å². The Kier molecular flexibility index (Phi) is 5.79. The summed E-state index contributed by atoms with van der Waals surface area (Å²) in [6.45, 7) is 0. The van der Waals surface area contributed by atoms with Crippen molar-refractivity contribution in [1.82, 2.24) is 0 Å². The molecule has 2 N–H and O–H groups in total. The van der Waals surface area contributed by atoms with Crippen molar-refractivity contribution < 1.29 is 48.3 Å². The molecular formula is C17H22O10. The molecule has 0 heterocycles. The van der Waals surface area contributed by atoms with E-state index in [9.17, 15) is 29.4 Å². The number of ether oxygens (including phenoxy) is 4. The van der Waals surface area contributed by atoms with Crippen LogP contribution >= 0.6 is 0 Å². The lowest BCUT2D eigenvalue weighted by atomic mass is 9.53. The summed E-state index contributed by atoms with van der Waals surface area (Å²) in [4.78, 5) is 49.5. The van der Waals surface area contributed by atoms with Gasteiger partial charge >= 0.3 is 23.9 Å². The van der Waals surface area contributed by atoms with Crippen LogP contribution < -0.4 is 0 Å². The van der Waals surface area contributed by atoms with Crippen LogP contribution in [0.25, 0.3) is 0 Å². The molecule has 1 fully saturated rings. The predicted molar refractivity (Wildman–Crippen MR) is 85.9 cm³/mol. The Labute approximate surface area is 155 Å². The first-order valence-electron chi connectivity index (χ1n) is 8.17. The normalized spacial score (nSPS) is 32.3. The first-order chi connectivity index (χ1) is 12.7. The van der Waals surface area contributed by atoms with E-state index in [4.69, 9.17) is 9.47 Å². The number of aliphatic hydroxyl groups is 2. The minimum absolute atomic E-state index is 0.00258. The number of aliphatic hydroxyl groups excluding tert-OH is 1. The number of fused-ring (bicyclic) bond motifs is 2. The lowest BCUT2D eigenvalue weighted by molar-refractivity contribution is -0.204. The number of hydrogen-bond acceptors (Lipinski definition) is 10. The maximum atomic E-state index is 12.5. The predicted octanol–water partition coefficient (Wildman–Crippen LogP) is -0.506. The third-order valence-electron chi connectivity index (χ3n) is 5.39. The lowest BCUT2D eigenvalue weighted by Crippen LogP contribution is -2.66. The topological polar surface area (TPSA) is 146 Å². The average molecular weight is 386 g/mol. The van der Waals surface area contributed by atoms with Crippen LogP contribution in [0.5, 0.6) is 0 Å². The molecule has 0 spiro atoms. The van der Waals surface area contributed by atoms with Gasteiger partial charge in [0, 0.05) is 5.92 Å². The van der Waals surface area contributed by atoms with Gasteiger partial charge in [-0.25, -0.2) is 4.79 Å². The Morgan fingerprint density at radius 3 is 1.93 bits per heavy atom. The zero-order valence-electron chi connectivity index (χ0n) is 15.4. The first-order valence-corrected chi connectivity index (χ1v) is 8.17. The fourth-order valence-electron chi connectivity index (χ4n) is 4.25. The van der Waals surface area contributed by atoms with Crippen molar-refractivity contribution in [2.24, 2.45) is 23.7 Å². The third-order valence-corrected chi connectivity index (χ3v) is 5.39. The standard InChI is InChI=1S/C17H22O10/c1-24-13(19)8-6-5-7-9(14(20)25-2)12(18)11(16(22)27-4)17(8,23)10(7)15(21)26-3/h7-8,10-11,18,23H,5-6H2,1-4H3/t7-,8+,10+,11?,17+/m0/s1. The Bertz CT molecular complexity index is 696. The maximum Gasteiger partial charge on any atom is 0.337 e. The van der Waals surface area contributed by atoms with Crippen LogP contribution in [0, 0.1) is 23.7 Å². The molecule has 2 aliphatic rings. The minimum atomic E-state index is -2.40. The average Bonchev–Trinajstić information content (AvgIpc) is 2.65. The number of rotatable bonds is 4. The van der Waals surface area contributed by atoms with E-state index in [1.807, 2.05) is 0 Å². The molecule has 0 saturated heterocycles. The molecule has 1 saturated carbocycles. The van der Waals surface area contributed by atoms with E-state index in [0.717, 1.165) is 28.4 Å². The molecular weight excluding hydrogens is 364 g/mol. The molecule has 2 bridgehead atoms. The van der Waals surface area contributed by atoms with Crippen LogP contribution in [0.2, 0.25) is 0 Å². The summed E-state index contributed by atoms with van der Waals surface area (Å²) in [5, 5.41) is 22.1. The molecule has 0 amide bonds. The summed E-state index contributed by atoms with van der Waals surface area (Å²) >= 11 is 0. The van der Waals surface area contributed by atoms with Gasteiger partial charge in [0.2, 0.25) is 0 Å². The summed E-state index contributed by atoms with van der Waals surface area (Å²) in [5.41, 5.74) is -2.73. The molecule has 2 rings (SSSR count). The first kappa shape index (κ1) is 20.7. The molecule has 150 valence electrons. The van der Waals surface area contributed by atoms with Crippen molar-refractivity contribution in [2.45, 2.75) is 18.4 Å². The number of hydrogen-bond donors (Lipinski definition) is 2. The second-order valence-corrected chi connectivity index (χ2v) is 6.39. The zero-order valence-corrected chi connectivity index (χ0v) is 15.4. The summed E-state index contributed by atoms with van der Waals surface area (Å²) < 4.78 is 18.8. The summed E-state index contributed by atoms with van der Waals surface area (Å²) in [6, 6.07) is 0. The van der Waals surface area contributed by atoms with E-state index in [2.05, 4.69) is 9.47 Å². The molecule has 0 aromatic rings. The molecule has 0 aromatic heterocycles. The Balaban J connectivity index is 2.82. The van der Waals surface area contributed by atoms with Crippen molar-refractivity contribution in [3.8, 4) is 0 Å². The van der Waals surface area contributed by atoms with E-state index in [1.54, 1.807) is 0 Å². The third kappa shape index (κ3) is 2.93. The molecule has 0 radical (unpaired) electrons. The fourth-order valence-corrected chi connectivity index (χ4v) is 4.25. The van der Waals surface area contributed by atoms with E-state index in [0.29, 0.717) is 0 Å². The Hall–Kier alpha value is -2.62. The Morgan fingerprint density at radius 2 is 1.44 bits per heavy atom. The largest absolute Gasteiger partial charge is 0.511 e. The van der Waals surface area contributed by atoms with Gasteiger partial charge in [-0.05, 0) is 12.8 Å². The second kappa shape index (κ2) is 7.55. The molecule has 0 aliphatic heterocycles. The van der Waals surface area contributed by atoms with Crippen LogP contribution in [-0.4, -0.2) is 68.1 Å². The van der Waals surface area contributed by atoms with Gasteiger partial charge in [0.05, 0.1) is 45.8 Å². The van der Waals surface area contributed by atoms with Crippen LogP contribution in [0.15, 0.2) is 11.3 Å². The van der Waals surface area contributed by atoms with Gasteiger partial charge in [0.15, 0.2) is 0 Å². The number of carbonyl (C=O) groups excluding carboxylic acids is 4. The number of carbonyl (C=O) groups is 4. The number of methoxy groups -OCH3 is 4. The number of esters is 4. The highest BCUT2D eigenvalue weighted by atomic mass is 16.5. The van der Waals surface area contributed by atoms with E-state index < -0.39 is 58.9 Å². The smallest absolute Gasteiger partial charge is 0.337 e. The van der Waals surface area contributed by atoms with Crippen molar-refractivity contribution in [3.05, 3.63) is 11.3 Å². The van der Waals surface area contributed by atoms with Crippen molar-refractivity contribution >= 4 is 23.9 Å². The van der Waals surface area contributed by atoms with Crippen LogP contribution in [0.1, 0.15) is 12.8 Å². The van der Waals surface area contributed by atoms with Gasteiger partial charge in [-0.1, -0.05) is 0 Å². The van der Waals surface area contributed by atoms with Gasteiger partial charge in [-0.2, -0.15) is 0 Å². The van der Waals surface area contributed by atoms with E-state index >= 15 is 0 Å². The van der Waals surface area contributed by atoms with Gasteiger partial charge in [-0.15, -0.1) is 0 Å². The highest BCUT2D eigenvalue weighted by Crippen LogP contribution is 2.55. The molecule has 10 heteroatoms. The van der Waals surface area contributed by atoms with Crippen molar-refractivity contribution in [2.75, 3.05) is 28.4 Å².